The van der Waals surface area contributed by atoms with E-state index >= 15 is 0 Å². The van der Waals surface area contributed by atoms with Crippen LogP contribution in [0.4, 0.5) is 11.4 Å². The summed E-state index contributed by atoms with van der Waals surface area (Å²) in [5.41, 5.74) is 5.44. The van der Waals surface area contributed by atoms with Crippen LogP contribution in [-0.4, -0.2) is 42.9 Å². The number of hydrogen-bond acceptors (Lipinski definition) is 5. The molecular weight excluding hydrogens is 272 g/mol. The van der Waals surface area contributed by atoms with Crippen LogP contribution in [0, 0.1) is 15.5 Å². The van der Waals surface area contributed by atoms with E-state index in [1.807, 2.05) is 32.8 Å². The van der Waals surface area contributed by atoms with Crippen LogP contribution >= 0.6 is 0 Å². The van der Waals surface area contributed by atoms with Crippen molar-refractivity contribution in [2.45, 2.75) is 13.8 Å². The molecule has 0 aliphatic rings. The first-order valence-electron chi connectivity index (χ1n) is 6.59. The lowest BCUT2D eigenvalue weighted by molar-refractivity contribution is -0.383. The average Bonchev–Trinajstić information content (AvgIpc) is 2.34. The summed E-state index contributed by atoms with van der Waals surface area (Å²) in [6, 6.07) is 4.05. The van der Waals surface area contributed by atoms with E-state index in [9.17, 15) is 14.9 Å². The number of nitrogens with one attached hydrogen (secondary N) is 1. The fourth-order valence-electron chi connectivity index (χ4n) is 2.18. The summed E-state index contributed by atoms with van der Waals surface area (Å²) in [7, 11) is 3.93. The number of anilines is 1. The number of rotatable bonds is 6. The molecule has 0 aliphatic heterocycles. The van der Waals surface area contributed by atoms with E-state index in [0.29, 0.717) is 6.54 Å². The zero-order valence-corrected chi connectivity index (χ0v) is 12.8. The molecule has 1 rings (SSSR count). The molecule has 0 saturated carbocycles. The van der Waals surface area contributed by atoms with Crippen LogP contribution in [-0.2, 0) is 0 Å². The molecule has 0 radical (unpaired) electrons. The van der Waals surface area contributed by atoms with Crippen molar-refractivity contribution in [3.63, 3.8) is 0 Å². The van der Waals surface area contributed by atoms with Crippen LogP contribution < -0.4 is 11.1 Å². The summed E-state index contributed by atoms with van der Waals surface area (Å²) in [6.07, 6.45) is 0. The van der Waals surface area contributed by atoms with Crippen molar-refractivity contribution < 1.29 is 9.72 Å². The highest BCUT2D eigenvalue weighted by Gasteiger charge is 2.21. The Morgan fingerprint density at radius 2 is 2.05 bits per heavy atom. The van der Waals surface area contributed by atoms with Gasteiger partial charge >= 0.3 is 0 Å². The number of benzene rings is 1. The Labute approximate surface area is 124 Å². The van der Waals surface area contributed by atoms with Gasteiger partial charge in [0.2, 0.25) is 0 Å². The Kier molecular flexibility index (Phi) is 5.26. The molecule has 7 nitrogen and oxygen atoms in total. The van der Waals surface area contributed by atoms with Crippen molar-refractivity contribution in [1.82, 2.24) is 10.2 Å². The predicted octanol–water partition coefficient (Wildman–Crippen LogP) is 1.49. The number of carbonyl (C=O) groups is 1. The van der Waals surface area contributed by atoms with Crippen LogP contribution in [0.1, 0.15) is 24.2 Å². The summed E-state index contributed by atoms with van der Waals surface area (Å²) < 4.78 is 0. The highest BCUT2D eigenvalue weighted by atomic mass is 16.6. The molecule has 7 heteroatoms. The third-order valence-corrected chi connectivity index (χ3v) is 2.96. The minimum Gasteiger partial charge on any atom is -0.393 e. The second kappa shape index (κ2) is 6.53. The largest absolute Gasteiger partial charge is 0.393 e. The fraction of sp³-hybridized carbons (Fsp3) is 0.500. The van der Waals surface area contributed by atoms with Gasteiger partial charge in [-0.25, -0.2) is 0 Å². The van der Waals surface area contributed by atoms with Crippen molar-refractivity contribution in [2.24, 2.45) is 5.41 Å². The number of nitrogens with two attached hydrogens (primary N) is 1. The molecular formula is C14H22N4O3. The van der Waals surface area contributed by atoms with Gasteiger partial charge in [0.15, 0.2) is 0 Å². The number of nitro benzene ring substituents is 1. The molecule has 0 aromatic heterocycles. The van der Waals surface area contributed by atoms with Crippen molar-refractivity contribution in [3.05, 3.63) is 33.9 Å². The molecule has 1 aromatic rings. The lowest BCUT2D eigenvalue weighted by atomic mass is 9.93. The normalized spacial score (nSPS) is 11.5. The molecule has 0 unspecified atom stereocenters. The monoisotopic (exact) mass is 294 g/mol. The summed E-state index contributed by atoms with van der Waals surface area (Å²) >= 11 is 0. The zero-order valence-electron chi connectivity index (χ0n) is 12.8. The first-order chi connectivity index (χ1) is 9.62. The number of hydrogen-bond donors (Lipinski definition) is 2. The fourth-order valence-corrected chi connectivity index (χ4v) is 2.18. The summed E-state index contributed by atoms with van der Waals surface area (Å²) in [4.78, 5) is 24.3. The molecule has 0 atom stereocenters. The van der Waals surface area contributed by atoms with Gasteiger partial charge in [-0.1, -0.05) is 13.8 Å². The highest BCUT2D eigenvalue weighted by molar-refractivity contribution is 5.95. The number of amides is 1. The van der Waals surface area contributed by atoms with E-state index < -0.39 is 4.92 Å². The minimum absolute atomic E-state index is 0.0458. The van der Waals surface area contributed by atoms with Gasteiger partial charge in [-0.2, -0.15) is 0 Å². The maximum absolute atomic E-state index is 12.1. The first-order valence-corrected chi connectivity index (χ1v) is 6.59. The van der Waals surface area contributed by atoms with Gasteiger partial charge in [0.1, 0.15) is 5.69 Å². The topological polar surface area (TPSA) is 102 Å². The number of nitro groups is 1. The molecule has 0 spiro atoms. The molecule has 0 aliphatic carbocycles. The molecule has 0 fully saturated rings. The molecule has 21 heavy (non-hydrogen) atoms. The number of nitrogens with zero attached hydrogens (tertiary/aromatic N) is 2. The van der Waals surface area contributed by atoms with Crippen LogP contribution in [0.5, 0.6) is 0 Å². The lowest BCUT2D eigenvalue weighted by Crippen LogP contribution is -2.40. The van der Waals surface area contributed by atoms with Crippen molar-refractivity contribution >= 4 is 17.3 Å². The Hall–Kier alpha value is -2.15. The van der Waals surface area contributed by atoms with Crippen LogP contribution in [0.25, 0.3) is 0 Å². The second-order valence-corrected chi connectivity index (χ2v) is 6.12. The number of carbonyl (C=O) groups excluding carboxylic acids is 1. The lowest BCUT2D eigenvalue weighted by Gasteiger charge is -2.28. The quantitative estimate of drug-likeness (QED) is 0.470. The van der Waals surface area contributed by atoms with E-state index in [4.69, 9.17) is 5.73 Å². The van der Waals surface area contributed by atoms with Crippen molar-refractivity contribution in [2.75, 3.05) is 32.9 Å². The standard InChI is InChI=1S/C14H22N4O3/c1-14(2,9-17(3)4)8-16-13(19)10-5-6-11(15)12(7-10)18(20)21/h5-7H,8-9,15H2,1-4H3,(H,16,19). The SMILES string of the molecule is CN(C)CC(C)(C)CNC(=O)c1ccc(N)c([N+](=O)[O-])c1. The Morgan fingerprint density at radius 3 is 2.57 bits per heavy atom. The van der Waals surface area contributed by atoms with E-state index in [1.54, 1.807) is 0 Å². The van der Waals surface area contributed by atoms with Gasteiger partial charge in [0.05, 0.1) is 4.92 Å². The van der Waals surface area contributed by atoms with Crippen LogP contribution in [0.2, 0.25) is 0 Å². The molecule has 0 bridgehead atoms. The van der Waals surface area contributed by atoms with Gasteiger partial charge in [0.25, 0.3) is 11.6 Å². The average molecular weight is 294 g/mol. The molecule has 1 amide bonds. The Balaban J connectivity index is 2.77. The second-order valence-electron chi connectivity index (χ2n) is 6.12. The molecule has 116 valence electrons. The maximum Gasteiger partial charge on any atom is 0.292 e. The highest BCUT2D eigenvalue weighted by Crippen LogP contribution is 2.22. The van der Waals surface area contributed by atoms with Gasteiger partial charge in [0, 0.05) is 24.7 Å². The third kappa shape index (κ3) is 5.03. The van der Waals surface area contributed by atoms with Gasteiger partial charge in [-0.3, -0.25) is 14.9 Å². The summed E-state index contributed by atoms with van der Waals surface area (Å²) in [5.74, 6) is -0.343. The summed E-state index contributed by atoms with van der Waals surface area (Å²) in [6.45, 7) is 5.37. The van der Waals surface area contributed by atoms with E-state index in [1.165, 1.54) is 18.2 Å². The molecule has 0 saturated heterocycles. The van der Waals surface area contributed by atoms with Crippen molar-refractivity contribution in [3.8, 4) is 0 Å². The Morgan fingerprint density at radius 1 is 1.43 bits per heavy atom. The zero-order chi connectivity index (χ0) is 16.2. The molecule has 1 aromatic carbocycles. The summed E-state index contributed by atoms with van der Waals surface area (Å²) in [5, 5.41) is 13.6. The van der Waals surface area contributed by atoms with Gasteiger partial charge in [-0.05, 0) is 31.6 Å². The first kappa shape index (κ1) is 16.9. The number of nitrogen functional groups attached to an aromatic ring is 1. The van der Waals surface area contributed by atoms with Crippen LogP contribution in [0.15, 0.2) is 18.2 Å². The van der Waals surface area contributed by atoms with Gasteiger partial charge in [-0.15, -0.1) is 0 Å². The molecule has 3 N–H and O–H groups in total. The van der Waals surface area contributed by atoms with E-state index in [-0.39, 0.29) is 28.3 Å². The van der Waals surface area contributed by atoms with Crippen molar-refractivity contribution in [1.29, 1.82) is 0 Å². The minimum atomic E-state index is -0.595. The molecule has 0 heterocycles. The van der Waals surface area contributed by atoms with Crippen LogP contribution in [0.3, 0.4) is 0 Å². The Bertz CT molecular complexity index is 541. The smallest absolute Gasteiger partial charge is 0.292 e. The van der Waals surface area contributed by atoms with E-state index in [2.05, 4.69) is 5.32 Å². The third-order valence-electron chi connectivity index (χ3n) is 2.96. The van der Waals surface area contributed by atoms with E-state index in [0.717, 1.165) is 6.54 Å². The maximum atomic E-state index is 12.1. The van der Waals surface area contributed by atoms with Gasteiger partial charge < -0.3 is 16.0 Å². The predicted molar refractivity (Wildman–Crippen MR) is 82.2 cm³/mol.